The molecule has 0 bridgehead atoms. The molecule has 3 aliphatic heterocycles. The average Bonchev–Trinajstić information content (AvgIpc) is 3.07. The van der Waals surface area contributed by atoms with E-state index in [1.54, 1.807) is 0 Å². The number of benzene rings is 1. The highest BCUT2D eigenvalue weighted by Crippen LogP contribution is 2.42. The van der Waals surface area contributed by atoms with Crippen LogP contribution in [0.1, 0.15) is 11.1 Å². The number of fused-ring (bicyclic) bond motifs is 1. The Bertz CT molecular complexity index is 544. The van der Waals surface area contributed by atoms with E-state index in [-0.39, 0.29) is 0 Å². The van der Waals surface area contributed by atoms with Crippen LogP contribution in [0.15, 0.2) is 24.3 Å². The molecular formula is C19H28N2O2. The third-order valence-electron chi connectivity index (χ3n) is 5.89. The number of morpholine rings is 1. The van der Waals surface area contributed by atoms with Crippen molar-refractivity contribution < 1.29 is 9.47 Å². The zero-order chi connectivity index (χ0) is 15.7. The third kappa shape index (κ3) is 3.18. The molecule has 0 aliphatic carbocycles. The second kappa shape index (κ2) is 6.52. The third-order valence-corrected chi connectivity index (χ3v) is 5.89. The highest BCUT2D eigenvalue weighted by Gasteiger charge is 2.51. The van der Waals surface area contributed by atoms with Crippen molar-refractivity contribution >= 4 is 0 Å². The molecule has 0 N–H and O–H groups in total. The molecule has 0 amide bonds. The van der Waals surface area contributed by atoms with Crippen molar-refractivity contribution in [2.75, 3.05) is 59.2 Å². The Morgan fingerprint density at radius 1 is 1.13 bits per heavy atom. The summed E-state index contributed by atoms with van der Waals surface area (Å²) in [6.07, 6.45) is 0. The maximum absolute atomic E-state index is 5.89. The van der Waals surface area contributed by atoms with Gasteiger partial charge in [-0.15, -0.1) is 0 Å². The van der Waals surface area contributed by atoms with Crippen LogP contribution in [-0.4, -0.2) is 69.0 Å². The molecule has 3 aliphatic rings. The number of ether oxygens (including phenoxy) is 2. The van der Waals surface area contributed by atoms with E-state index >= 15 is 0 Å². The first kappa shape index (κ1) is 15.6. The molecule has 3 heterocycles. The maximum Gasteiger partial charge on any atom is 0.0594 e. The first-order valence-corrected chi connectivity index (χ1v) is 8.90. The van der Waals surface area contributed by atoms with Gasteiger partial charge in [0, 0.05) is 50.6 Å². The normalized spacial score (nSPS) is 32.3. The van der Waals surface area contributed by atoms with Crippen molar-refractivity contribution in [3.8, 4) is 0 Å². The molecule has 0 saturated carbocycles. The first-order valence-electron chi connectivity index (χ1n) is 8.90. The average molecular weight is 316 g/mol. The zero-order valence-electron chi connectivity index (χ0n) is 14.2. The minimum Gasteiger partial charge on any atom is -0.380 e. The summed E-state index contributed by atoms with van der Waals surface area (Å²) in [7, 11) is 0. The lowest BCUT2D eigenvalue weighted by Gasteiger charge is -2.36. The fourth-order valence-electron chi connectivity index (χ4n) is 4.52. The van der Waals surface area contributed by atoms with Crippen LogP contribution in [0.5, 0.6) is 0 Å². The van der Waals surface area contributed by atoms with Crippen molar-refractivity contribution in [3.63, 3.8) is 0 Å². The predicted octanol–water partition coefficient (Wildman–Crippen LogP) is 1.78. The van der Waals surface area contributed by atoms with Gasteiger partial charge in [0.25, 0.3) is 0 Å². The molecule has 4 rings (SSSR count). The van der Waals surface area contributed by atoms with Crippen molar-refractivity contribution in [3.05, 3.63) is 35.4 Å². The van der Waals surface area contributed by atoms with Crippen LogP contribution in [-0.2, 0) is 16.0 Å². The van der Waals surface area contributed by atoms with Crippen LogP contribution < -0.4 is 0 Å². The lowest BCUT2D eigenvalue weighted by atomic mass is 9.80. The lowest BCUT2D eigenvalue weighted by Crippen LogP contribution is -2.47. The van der Waals surface area contributed by atoms with Crippen molar-refractivity contribution in [1.29, 1.82) is 0 Å². The molecule has 0 spiro atoms. The summed E-state index contributed by atoms with van der Waals surface area (Å²) >= 11 is 0. The smallest absolute Gasteiger partial charge is 0.0594 e. The Morgan fingerprint density at radius 3 is 2.78 bits per heavy atom. The number of hydrogen-bond acceptors (Lipinski definition) is 4. The van der Waals surface area contributed by atoms with Crippen LogP contribution in [0.4, 0.5) is 0 Å². The molecule has 1 aromatic carbocycles. The summed E-state index contributed by atoms with van der Waals surface area (Å²) in [5.41, 5.74) is 3.21. The molecule has 4 heteroatoms. The van der Waals surface area contributed by atoms with Crippen molar-refractivity contribution in [2.45, 2.75) is 13.5 Å². The summed E-state index contributed by atoms with van der Waals surface area (Å²) in [5, 5.41) is 0. The molecule has 23 heavy (non-hydrogen) atoms. The Balaban J connectivity index is 1.44. The number of hydrogen-bond donors (Lipinski definition) is 0. The summed E-state index contributed by atoms with van der Waals surface area (Å²) in [5.74, 6) is 0.689. The molecule has 126 valence electrons. The van der Waals surface area contributed by atoms with Gasteiger partial charge in [-0.05, 0) is 18.1 Å². The van der Waals surface area contributed by atoms with Gasteiger partial charge in [-0.3, -0.25) is 9.80 Å². The van der Waals surface area contributed by atoms with Crippen molar-refractivity contribution in [1.82, 2.24) is 9.80 Å². The molecule has 0 aromatic heterocycles. The quantitative estimate of drug-likeness (QED) is 0.845. The van der Waals surface area contributed by atoms with E-state index in [9.17, 15) is 0 Å². The van der Waals surface area contributed by atoms with E-state index in [2.05, 4.69) is 41.0 Å². The topological polar surface area (TPSA) is 24.9 Å². The highest BCUT2D eigenvalue weighted by molar-refractivity contribution is 5.25. The molecule has 4 nitrogen and oxygen atoms in total. The summed E-state index contributed by atoms with van der Waals surface area (Å²) in [4.78, 5) is 5.23. The van der Waals surface area contributed by atoms with Crippen LogP contribution >= 0.6 is 0 Å². The minimum atomic E-state index is 0.333. The molecule has 0 unspecified atom stereocenters. The number of aryl methyl sites for hydroxylation is 1. The van der Waals surface area contributed by atoms with E-state index in [0.717, 1.165) is 46.1 Å². The molecule has 1 aromatic rings. The van der Waals surface area contributed by atoms with Crippen LogP contribution in [0.25, 0.3) is 0 Å². The van der Waals surface area contributed by atoms with Gasteiger partial charge in [0.15, 0.2) is 0 Å². The van der Waals surface area contributed by atoms with Gasteiger partial charge in [0.1, 0.15) is 0 Å². The zero-order valence-corrected chi connectivity index (χ0v) is 14.2. The largest absolute Gasteiger partial charge is 0.380 e. The molecule has 3 fully saturated rings. The Labute approximate surface area is 139 Å². The van der Waals surface area contributed by atoms with E-state index < -0.39 is 0 Å². The lowest BCUT2D eigenvalue weighted by molar-refractivity contribution is 0.0102. The minimum absolute atomic E-state index is 0.333. The maximum atomic E-state index is 5.89. The van der Waals surface area contributed by atoms with E-state index in [4.69, 9.17) is 9.47 Å². The van der Waals surface area contributed by atoms with Crippen molar-refractivity contribution in [2.24, 2.45) is 11.3 Å². The summed E-state index contributed by atoms with van der Waals surface area (Å²) < 4.78 is 11.4. The number of nitrogens with zero attached hydrogens (tertiary/aromatic N) is 2. The highest BCUT2D eigenvalue weighted by atomic mass is 16.5. The van der Waals surface area contributed by atoms with E-state index in [1.165, 1.54) is 30.8 Å². The number of likely N-dealkylation sites (tertiary alicyclic amines) is 1. The van der Waals surface area contributed by atoms with Crippen LogP contribution in [0.2, 0.25) is 0 Å². The van der Waals surface area contributed by atoms with Gasteiger partial charge < -0.3 is 9.47 Å². The van der Waals surface area contributed by atoms with Crippen LogP contribution in [0, 0.1) is 18.3 Å². The van der Waals surface area contributed by atoms with Gasteiger partial charge >= 0.3 is 0 Å². The molecule has 3 saturated heterocycles. The Morgan fingerprint density at radius 2 is 1.96 bits per heavy atom. The number of rotatable bonds is 4. The SMILES string of the molecule is Cc1ccccc1CN1C[C@@H]2COC[C@]2(CN2CCOCC2)C1. The fourth-order valence-corrected chi connectivity index (χ4v) is 4.52. The summed E-state index contributed by atoms with van der Waals surface area (Å²) in [6.45, 7) is 12.6. The Hall–Kier alpha value is -0.940. The standard InChI is InChI=1S/C19H28N2O2/c1-16-4-2-3-5-17(16)10-21-11-18-12-23-15-19(18,14-21)13-20-6-8-22-9-7-20/h2-5,18H,6-15H2,1H3/t18-,19+/m1/s1. The predicted molar refractivity (Wildman–Crippen MR) is 90.5 cm³/mol. The van der Waals surface area contributed by atoms with Gasteiger partial charge in [0.05, 0.1) is 26.4 Å². The van der Waals surface area contributed by atoms with Gasteiger partial charge in [0.2, 0.25) is 0 Å². The molecule has 0 radical (unpaired) electrons. The second-order valence-corrected chi connectivity index (χ2v) is 7.56. The van der Waals surface area contributed by atoms with E-state index in [1.807, 2.05) is 0 Å². The summed E-state index contributed by atoms with van der Waals surface area (Å²) in [6, 6.07) is 8.78. The first-order chi connectivity index (χ1) is 11.3. The molecule has 2 atom stereocenters. The van der Waals surface area contributed by atoms with Gasteiger partial charge in [-0.2, -0.15) is 0 Å². The van der Waals surface area contributed by atoms with Gasteiger partial charge in [-0.1, -0.05) is 24.3 Å². The Kier molecular flexibility index (Phi) is 4.41. The van der Waals surface area contributed by atoms with Gasteiger partial charge in [-0.25, -0.2) is 0 Å². The van der Waals surface area contributed by atoms with E-state index in [0.29, 0.717) is 11.3 Å². The fraction of sp³-hybridized carbons (Fsp3) is 0.684. The van der Waals surface area contributed by atoms with Crippen LogP contribution in [0.3, 0.4) is 0 Å². The monoisotopic (exact) mass is 316 g/mol. The second-order valence-electron chi connectivity index (χ2n) is 7.56. The molecular weight excluding hydrogens is 288 g/mol.